The van der Waals surface area contributed by atoms with Gasteiger partial charge in [-0.2, -0.15) is 0 Å². The molecule has 0 N–H and O–H groups in total. The normalized spacial score (nSPS) is 23.3. The number of nitrogens with zero attached hydrogens (tertiary/aromatic N) is 3. The molecule has 0 bridgehead atoms. The van der Waals surface area contributed by atoms with Crippen molar-refractivity contribution in [1.29, 1.82) is 0 Å². The first-order valence-corrected chi connectivity index (χ1v) is 7.81. The predicted octanol–water partition coefficient (Wildman–Crippen LogP) is 3.73. The summed E-state index contributed by atoms with van der Waals surface area (Å²) in [6.45, 7) is 4.35. The summed E-state index contributed by atoms with van der Waals surface area (Å²) in [7, 11) is 0. The van der Waals surface area contributed by atoms with E-state index < -0.39 is 0 Å². The number of aromatic nitrogens is 2. The van der Waals surface area contributed by atoms with E-state index in [4.69, 9.17) is 0 Å². The molecule has 1 aliphatic carbocycles. The Hall–Kier alpha value is -1.12. The lowest BCUT2D eigenvalue weighted by Crippen LogP contribution is -2.43. The molecule has 0 amide bonds. The molecule has 1 saturated heterocycles. The molecule has 2 fully saturated rings. The van der Waals surface area contributed by atoms with E-state index in [9.17, 15) is 0 Å². The van der Waals surface area contributed by atoms with Crippen LogP contribution in [0.25, 0.3) is 0 Å². The smallest absolute Gasteiger partial charge is 0.225 e. The molecule has 3 rings (SSSR count). The molecule has 104 valence electrons. The van der Waals surface area contributed by atoms with Crippen molar-refractivity contribution in [2.75, 3.05) is 18.0 Å². The monoisotopic (exact) mass is 259 g/mol. The zero-order valence-corrected chi connectivity index (χ0v) is 12.1. The van der Waals surface area contributed by atoms with Crippen molar-refractivity contribution < 1.29 is 0 Å². The van der Waals surface area contributed by atoms with Crippen LogP contribution in [0.4, 0.5) is 5.95 Å². The highest BCUT2D eigenvalue weighted by molar-refractivity contribution is 5.31. The topological polar surface area (TPSA) is 29.0 Å². The second kappa shape index (κ2) is 5.48. The highest BCUT2D eigenvalue weighted by Crippen LogP contribution is 2.42. The van der Waals surface area contributed by atoms with Crippen molar-refractivity contribution in [3.63, 3.8) is 0 Å². The molecule has 1 aromatic heterocycles. The lowest BCUT2D eigenvalue weighted by Gasteiger charge is -2.42. The summed E-state index contributed by atoms with van der Waals surface area (Å²) in [5.74, 6) is 0.939. The van der Waals surface area contributed by atoms with Gasteiger partial charge in [-0.1, -0.05) is 25.7 Å². The lowest BCUT2D eigenvalue weighted by atomic mass is 9.74. The van der Waals surface area contributed by atoms with E-state index in [1.54, 1.807) is 0 Å². The number of hydrogen-bond donors (Lipinski definition) is 0. The summed E-state index contributed by atoms with van der Waals surface area (Å²) in [6, 6.07) is 0. The summed E-state index contributed by atoms with van der Waals surface area (Å²) >= 11 is 0. The van der Waals surface area contributed by atoms with Gasteiger partial charge in [-0.3, -0.25) is 0 Å². The maximum absolute atomic E-state index is 4.52. The van der Waals surface area contributed by atoms with Gasteiger partial charge in [0.2, 0.25) is 5.95 Å². The van der Waals surface area contributed by atoms with Crippen LogP contribution in [-0.4, -0.2) is 23.1 Å². The fraction of sp³-hybridized carbons (Fsp3) is 0.750. The van der Waals surface area contributed by atoms with E-state index in [1.807, 2.05) is 19.3 Å². The first-order chi connectivity index (χ1) is 9.27. The van der Waals surface area contributed by atoms with Crippen LogP contribution in [0.15, 0.2) is 12.4 Å². The second-order valence-electron chi connectivity index (χ2n) is 6.50. The van der Waals surface area contributed by atoms with Gasteiger partial charge >= 0.3 is 0 Å². The van der Waals surface area contributed by atoms with E-state index in [2.05, 4.69) is 14.9 Å². The molecule has 1 saturated carbocycles. The van der Waals surface area contributed by atoms with E-state index in [1.165, 1.54) is 57.9 Å². The van der Waals surface area contributed by atoms with Crippen LogP contribution in [0, 0.1) is 12.3 Å². The molecule has 1 aromatic rings. The molecule has 1 spiro atoms. The van der Waals surface area contributed by atoms with Gasteiger partial charge in [-0.15, -0.1) is 0 Å². The summed E-state index contributed by atoms with van der Waals surface area (Å²) in [5, 5.41) is 0. The zero-order chi connectivity index (χ0) is 13.1. The van der Waals surface area contributed by atoms with Gasteiger partial charge < -0.3 is 4.90 Å². The van der Waals surface area contributed by atoms with Crippen LogP contribution in [0.3, 0.4) is 0 Å². The Bertz CT molecular complexity index is 405. The number of anilines is 1. The standard InChI is InChI=1S/C16H25N3/c1-14-11-17-15(18-12-14)19-10-6-9-16(13-19)7-4-2-3-5-8-16/h11-12H,2-10,13H2,1H3. The number of piperidine rings is 1. The molecule has 3 heteroatoms. The molecule has 0 aromatic carbocycles. The van der Waals surface area contributed by atoms with Crippen molar-refractivity contribution in [2.45, 2.75) is 58.3 Å². The minimum Gasteiger partial charge on any atom is -0.340 e. The van der Waals surface area contributed by atoms with E-state index in [0.717, 1.165) is 18.1 Å². The van der Waals surface area contributed by atoms with E-state index in [-0.39, 0.29) is 0 Å². The fourth-order valence-electron chi connectivity index (χ4n) is 3.81. The Kier molecular flexibility index (Phi) is 3.72. The minimum absolute atomic E-state index is 0.559. The van der Waals surface area contributed by atoms with Crippen LogP contribution in [0.2, 0.25) is 0 Å². The zero-order valence-electron chi connectivity index (χ0n) is 12.1. The average Bonchev–Trinajstić information content (AvgIpc) is 2.65. The van der Waals surface area contributed by atoms with Crippen molar-refractivity contribution in [3.05, 3.63) is 18.0 Å². The number of rotatable bonds is 1. The SMILES string of the molecule is Cc1cnc(N2CCCC3(CCCCCC3)C2)nc1. The highest BCUT2D eigenvalue weighted by Gasteiger charge is 2.36. The average molecular weight is 259 g/mol. The largest absolute Gasteiger partial charge is 0.340 e. The quantitative estimate of drug-likeness (QED) is 0.769. The van der Waals surface area contributed by atoms with Crippen LogP contribution in [0.1, 0.15) is 56.9 Å². The maximum atomic E-state index is 4.52. The molecule has 2 aliphatic rings. The van der Waals surface area contributed by atoms with Crippen LogP contribution < -0.4 is 4.90 Å². The first kappa shape index (κ1) is 12.9. The van der Waals surface area contributed by atoms with Gasteiger partial charge in [0.25, 0.3) is 0 Å². The number of aryl methyl sites for hydroxylation is 1. The highest BCUT2D eigenvalue weighted by atomic mass is 15.3. The number of hydrogen-bond acceptors (Lipinski definition) is 3. The lowest BCUT2D eigenvalue weighted by molar-refractivity contribution is 0.197. The Morgan fingerprint density at radius 2 is 1.58 bits per heavy atom. The van der Waals surface area contributed by atoms with Gasteiger partial charge in [0.15, 0.2) is 0 Å². The van der Waals surface area contributed by atoms with Crippen LogP contribution >= 0.6 is 0 Å². The van der Waals surface area contributed by atoms with Crippen LogP contribution in [-0.2, 0) is 0 Å². The predicted molar refractivity (Wildman–Crippen MR) is 78.4 cm³/mol. The van der Waals surface area contributed by atoms with Crippen molar-refractivity contribution in [3.8, 4) is 0 Å². The first-order valence-electron chi connectivity index (χ1n) is 7.81. The molecule has 0 radical (unpaired) electrons. The van der Waals surface area contributed by atoms with Gasteiger partial charge in [-0.25, -0.2) is 9.97 Å². The Labute approximate surface area is 116 Å². The maximum Gasteiger partial charge on any atom is 0.225 e. The molecule has 1 aliphatic heterocycles. The Morgan fingerprint density at radius 3 is 2.26 bits per heavy atom. The van der Waals surface area contributed by atoms with Gasteiger partial charge in [-0.05, 0) is 43.6 Å². The fourth-order valence-corrected chi connectivity index (χ4v) is 3.81. The van der Waals surface area contributed by atoms with Crippen molar-refractivity contribution >= 4 is 5.95 Å². The van der Waals surface area contributed by atoms with Crippen LogP contribution in [0.5, 0.6) is 0 Å². The van der Waals surface area contributed by atoms with E-state index in [0.29, 0.717) is 5.41 Å². The Balaban J connectivity index is 1.75. The molecule has 2 heterocycles. The second-order valence-corrected chi connectivity index (χ2v) is 6.50. The third kappa shape index (κ3) is 2.90. The summed E-state index contributed by atoms with van der Waals surface area (Å²) in [4.78, 5) is 11.5. The summed E-state index contributed by atoms with van der Waals surface area (Å²) in [6.07, 6.45) is 15.1. The third-order valence-corrected chi connectivity index (χ3v) is 4.88. The minimum atomic E-state index is 0.559. The van der Waals surface area contributed by atoms with Gasteiger partial charge in [0, 0.05) is 25.5 Å². The summed E-state index contributed by atoms with van der Waals surface area (Å²) in [5.41, 5.74) is 1.70. The molecular weight excluding hydrogens is 234 g/mol. The van der Waals surface area contributed by atoms with Gasteiger partial charge in [0.1, 0.15) is 0 Å². The molecule has 0 unspecified atom stereocenters. The molecule has 19 heavy (non-hydrogen) atoms. The molecular formula is C16H25N3. The molecule has 3 nitrogen and oxygen atoms in total. The summed E-state index contributed by atoms with van der Waals surface area (Å²) < 4.78 is 0. The third-order valence-electron chi connectivity index (χ3n) is 4.88. The molecule has 0 atom stereocenters. The van der Waals surface area contributed by atoms with Crippen molar-refractivity contribution in [1.82, 2.24) is 9.97 Å². The van der Waals surface area contributed by atoms with Gasteiger partial charge in [0.05, 0.1) is 0 Å². The van der Waals surface area contributed by atoms with E-state index >= 15 is 0 Å². The Morgan fingerprint density at radius 1 is 0.947 bits per heavy atom. The van der Waals surface area contributed by atoms with Crippen molar-refractivity contribution in [2.24, 2.45) is 5.41 Å².